The van der Waals surface area contributed by atoms with Gasteiger partial charge in [-0.25, -0.2) is 0 Å². The van der Waals surface area contributed by atoms with E-state index in [9.17, 15) is 4.79 Å². The normalized spacial score (nSPS) is 10.2. The first-order valence-corrected chi connectivity index (χ1v) is 5.08. The highest BCUT2D eigenvalue weighted by Crippen LogP contribution is 2.10. The third-order valence-electron chi connectivity index (χ3n) is 2.18. The number of carbonyl (C=O) groups excluding carboxylic acids is 1. The Morgan fingerprint density at radius 1 is 1.35 bits per heavy atom. The molecule has 0 unspecified atom stereocenters. The van der Waals surface area contributed by atoms with E-state index in [0.29, 0.717) is 23.9 Å². The minimum Gasteiger partial charge on any atom is -0.424 e. The van der Waals surface area contributed by atoms with E-state index >= 15 is 0 Å². The summed E-state index contributed by atoms with van der Waals surface area (Å²) in [5.74, 6) is 0.608. The van der Waals surface area contributed by atoms with E-state index in [2.05, 4.69) is 15.5 Å². The zero-order chi connectivity index (χ0) is 12.3. The fourth-order valence-electron chi connectivity index (χ4n) is 1.34. The Hall–Kier alpha value is -2.37. The maximum absolute atomic E-state index is 10.9. The molecule has 1 aromatic carbocycles. The Morgan fingerprint density at radius 3 is 2.59 bits per heavy atom. The number of anilines is 1. The summed E-state index contributed by atoms with van der Waals surface area (Å²) in [5, 5.41) is 10.7. The monoisotopic (exact) mass is 232 g/mol. The lowest BCUT2D eigenvalue weighted by molar-refractivity contribution is 0.100. The lowest BCUT2D eigenvalue weighted by atomic mass is 10.2. The first-order chi connectivity index (χ1) is 8.15. The van der Waals surface area contributed by atoms with Crippen LogP contribution in [0.15, 0.2) is 28.7 Å². The molecule has 6 heteroatoms. The molecule has 6 nitrogen and oxygen atoms in total. The molecule has 0 radical (unpaired) electrons. The van der Waals surface area contributed by atoms with Crippen molar-refractivity contribution in [2.75, 3.05) is 5.32 Å². The van der Waals surface area contributed by atoms with Gasteiger partial charge in [0.15, 0.2) is 0 Å². The lowest BCUT2D eigenvalue weighted by Gasteiger charge is -2.03. The van der Waals surface area contributed by atoms with E-state index in [0.717, 1.165) is 5.69 Å². The Balaban J connectivity index is 1.97. The van der Waals surface area contributed by atoms with Gasteiger partial charge in [-0.1, -0.05) is 0 Å². The summed E-state index contributed by atoms with van der Waals surface area (Å²) in [6.07, 6.45) is 0. The number of aryl methyl sites for hydroxylation is 1. The standard InChI is InChI=1S/C11H12N4O2/c1-7-14-15-10(17-7)6-13-9-4-2-8(3-5-9)11(12)16/h2-5,13H,6H2,1H3,(H2,12,16). The Morgan fingerprint density at radius 2 is 2.06 bits per heavy atom. The number of nitrogens with zero attached hydrogens (tertiary/aromatic N) is 2. The molecular formula is C11H12N4O2. The predicted octanol–water partition coefficient (Wildman–Crippen LogP) is 1.09. The van der Waals surface area contributed by atoms with Crippen molar-refractivity contribution < 1.29 is 9.21 Å². The lowest BCUT2D eigenvalue weighted by Crippen LogP contribution is -2.10. The summed E-state index contributed by atoms with van der Waals surface area (Å²) in [7, 11) is 0. The predicted molar refractivity (Wildman–Crippen MR) is 61.3 cm³/mol. The van der Waals surface area contributed by atoms with E-state index in [1.165, 1.54) is 0 Å². The van der Waals surface area contributed by atoms with Gasteiger partial charge in [0.2, 0.25) is 17.7 Å². The van der Waals surface area contributed by atoms with Crippen molar-refractivity contribution in [2.24, 2.45) is 5.73 Å². The smallest absolute Gasteiger partial charge is 0.248 e. The number of nitrogens with one attached hydrogen (secondary N) is 1. The fourth-order valence-corrected chi connectivity index (χ4v) is 1.34. The topological polar surface area (TPSA) is 94.0 Å². The van der Waals surface area contributed by atoms with Gasteiger partial charge in [0, 0.05) is 18.2 Å². The molecule has 0 saturated heterocycles. The molecule has 0 aliphatic heterocycles. The first-order valence-electron chi connectivity index (χ1n) is 5.08. The van der Waals surface area contributed by atoms with Gasteiger partial charge in [-0.2, -0.15) is 0 Å². The van der Waals surface area contributed by atoms with Gasteiger partial charge >= 0.3 is 0 Å². The van der Waals surface area contributed by atoms with Crippen molar-refractivity contribution in [1.82, 2.24) is 10.2 Å². The summed E-state index contributed by atoms with van der Waals surface area (Å²) >= 11 is 0. The van der Waals surface area contributed by atoms with Gasteiger partial charge in [0.25, 0.3) is 0 Å². The highest BCUT2D eigenvalue weighted by Gasteiger charge is 2.02. The van der Waals surface area contributed by atoms with Crippen LogP contribution in [0.2, 0.25) is 0 Å². The molecule has 0 fully saturated rings. The zero-order valence-electron chi connectivity index (χ0n) is 9.30. The van der Waals surface area contributed by atoms with Crippen molar-refractivity contribution in [2.45, 2.75) is 13.5 Å². The molecule has 1 aromatic heterocycles. The average molecular weight is 232 g/mol. The van der Waals surface area contributed by atoms with E-state index in [1.807, 2.05) is 0 Å². The van der Waals surface area contributed by atoms with E-state index in [4.69, 9.17) is 10.2 Å². The van der Waals surface area contributed by atoms with Crippen LogP contribution in [0.1, 0.15) is 22.1 Å². The van der Waals surface area contributed by atoms with Gasteiger partial charge in [-0.05, 0) is 24.3 Å². The van der Waals surface area contributed by atoms with Crippen molar-refractivity contribution in [3.05, 3.63) is 41.6 Å². The van der Waals surface area contributed by atoms with Crippen molar-refractivity contribution >= 4 is 11.6 Å². The summed E-state index contributed by atoms with van der Waals surface area (Å²) in [6.45, 7) is 2.18. The van der Waals surface area contributed by atoms with Crippen LogP contribution in [0.25, 0.3) is 0 Å². The molecular weight excluding hydrogens is 220 g/mol. The van der Waals surface area contributed by atoms with Gasteiger partial charge < -0.3 is 15.5 Å². The summed E-state index contributed by atoms with van der Waals surface area (Å²) in [6, 6.07) is 6.85. The highest BCUT2D eigenvalue weighted by molar-refractivity contribution is 5.93. The Labute approximate surface area is 97.8 Å². The summed E-state index contributed by atoms with van der Waals surface area (Å²) in [5.41, 5.74) is 6.47. The van der Waals surface area contributed by atoms with Crippen molar-refractivity contribution in [1.29, 1.82) is 0 Å². The van der Waals surface area contributed by atoms with Crippen molar-refractivity contribution in [3.63, 3.8) is 0 Å². The number of carbonyl (C=O) groups is 1. The molecule has 0 saturated carbocycles. The molecule has 0 bridgehead atoms. The molecule has 2 rings (SSSR count). The fraction of sp³-hybridized carbons (Fsp3) is 0.182. The molecule has 0 spiro atoms. The molecule has 0 aliphatic carbocycles. The second-order valence-corrected chi connectivity index (χ2v) is 3.51. The second kappa shape index (κ2) is 4.65. The number of hydrogen-bond donors (Lipinski definition) is 2. The van der Waals surface area contributed by atoms with Crippen LogP contribution in [-0.2, 0) is 6.54 Å². The van der Waals surface area contributed by atoms with Crippen LogP contribution < -0.4 is 11.1 Å². The van der Waals surface area contributed by atoms with Gasteiger partial charge in [0.05, 0.1) is 6.54 Å². The molecule has 0 aliphatic rings. The van der Waals surface area contributed by atoms with E-state index in [1.54, 1.807) is 31.2 Å². The van der Waals surface area contributed by atoms with Gasteiger partial charge in [-0.15, -0.1) is 10.2 Å². The number of primary amides is 1. The largest absolute Gasteiger partial charge is 0.424 e. The number of nitrogens with two attached hydrogens (primary N) is 1. The van der Waals surface area contributed by atoms with E-state index in [-0.39, 0.29) is 0 Å². The van der Waals surface area contributed by atoms with Gasteiger partial charge in [0.1, 0.15) is 0 Å². The Kier molecular flexibility index (Phi) is 3.04. The molecule has 3 N–H and O–H groups in total. The average Bonchev–Trinajstić information content (AvgIpc) is 2.73. The maximum Gasteiger partial charge on any atom is 0.248 e. The molecule has 0 atom stereocenters. The number of amides is 1. The van der Waals surface area contributed by atoms with Crippen LogP contribution in [0.3, 0.4) is 0 Å². The Bertz CT molecular complexity index is 519. The SMILES string of the molecule is Cc1nnc(CNc2ccc(C(N)=O)cc2)o1. The third-order valence-corrected chi connectivity index (χ3v) is 2.18. The number of hydrogen-bond acceptors (Lipinski definition) is 5. The summed E-state index contributed by atoms with van der Waals surface area (Å²) < 4.78 is 5.21. The van der Waals surface area contributed by atoms with Crippen LogP contribution in [-0.4, -0.2) is 16.1 Å². The number of benzene rings is 1. The highest BCUT2D eigenvalue weighted by atomic mass is 16.4. The second-order valence-electron chi connectivity index (χ2n) is 3.51. The molecule has 17 heavy (non-hydrogen) atoms. The quantitative estimate of drug-likeness (QED) is 0.822. The molecule has 88 valence electrons. The number of aromatic nitrogens is 2. The van der Waals surface area contributed by atoms with E-state index < -0.39 is 5.91 Å². The van der Waals surface area contributed by atoms with Crippen LogP contribution in [0.5, 0.6) is 0 Å². The minimum absolute atomic E-state index is 0.441. The first kappa shape index (κ1) is 11.1. The zero-order valence-corrected chi connectivity index (χ0v) is 9.30. The van der Waals surface area contributed by atoms with Crippen LogP contribution >= 0.6 is 0 Å². The van der Waals surface area contributed by atoms with Crippen LogP contribution in [0.4, 0.5) is 5.69 Å². The maximum atomic E-state index is 10.9. The molecule has 1 heterocycles. The minimum atomic E-state index is -0.441. The summed E-state index contributed by atoms with van der Waals surface area (Å²) in [4.78, 5) is 10.9. The number of rotatable bonds is 4. The third kappa shape index (κ3) is 2.81. The molecule has 1 amide bonds. The van der Waals surface area contributed by atoms with Crippen molar-refractivity contribution in [3.8, 4) is 0 Å². The van der Waals surface area contributed by atoms with Crippen LogP contribution in [0, 0.1) is 6.92 Å². The van der Waals surface area contributed by atoms with Gasteiger partial charge in [-0.3, -0.25) is 4.79 Å². The molecule has 2 aromatic rings.